The third-order valence-corrected chi connectivity index (χ3v) is 6.65. The van der Waals surface area contributed by atoms with E-state index < -0.39 is 0 Å². The van der Waals surface area contributed by atoms with Gasteiger partial charge in [-0.1, -0.05) is 0 Å². The van der Waals surface area contributed by atoms with Crippen molar-refractivity contribution in [2.75, 3.05) is 29.9 Å². The van der Waals surface area contributed by atoms with Crippen LogP contribution in [-0.4, -0.2) is 46.4 Å². The molecule has 1 aromatic heterocycles. The van der Waals surface area contributed by atoms with E-state index in [9.17, 15) is 4.79 Å². The SMILES string of the molecule is O=C(Nc1ccc(Oc2cccnc2)cc1)C1CCN(C2CCSCC2)CC1. The summed E-state index contributed by atoms with van der Waals surface area (Å²) >= 11 is 2.07. The average molecular weight is 398 g/mol. The van der Waals surface area contributed by atoms with Gasteiger partial charge in [0.1, 0.15) is 11.5 Å². The first-order valence-electron chi connectivity index (χ1n) is 10.1. The van der Waals surface area contributed by atoms with E-state index in [1.54, 1.807) is 12.4 Å². The Morgan fingerprint density at radius 3 is 2.46 bits per heavy atom. The van der Waals surface area contributed by atoms with Crippen molar-refractivity contribution in [1.29, 1.82) is 0 Å². The monoisotopic (exact) mass is 397 g/mol. The van der Waals surface area contributed by atoms with Crippen molar-refractivity contribution in [3.8, 4) is 11.5 Å². The van der Waals surface area contributed by atoms with E-state index in [4.69, 9.17) is 4.74 Å². The average Bonchev–Trinajstić information content (AvgIpc) is 2.76. The summed E-state index contributed by atoms with van der Waals surface area (Å²) in [4.78, 5) is 19.3. The van der Waals surface area contributed by atoms with Crippen molar-refractivity contribution in [3.05, 3.63) is 48.8 Å². The van der Waals surface area contributed by atoms with Gasteiger partial charge in [-0.25, -0.2) is 0 Å². The molecular formula is C22H27N3O2S. The van der Waals surface area contributed by atoms with Gasteiger partial charge in [0.15, 0.2) is 0 Å². The van der Waals surface area contributed by atoms with Gasteiger partial charge in [0.25, 0.3) is 0 Å². The minimum absolute atomic E-state index is 0.112. The topological polar surface area (TPSA) is 54.5 Å². The first kappa shape index (κ1) is 19.3. The molecule has 0 spiro atoms. The molecule has 0 radical (unpaired) electrons. The van der Waals surface area contributed by atoms with Gasteiger partial charge in [-0.2, -0.15) is 11.8 Å². The number of hydrogen-bond acceptors (Lipinski definition) is 5. The first-order valence-corrected chi connectivity index (χ1v) is 11.2. The fourth-order valence-electron chi connectivity index (χ4n) is 3.97. The van der Waals surface area contributed by atoms with Crippen molar-refractivity contribution in [3.63, 3.8) is 0 Å². The van der Waals surface area contributed by atoms with Crippen molar-refractivity contribution in [1.82, 2.24) is 9.88 Å². The van der Waals surface area contributed by atoms with Gasteiger partial charge in [-0.15, -0.1) is 0 Å². The van der Waals surface area contributed by atoms with E-state index in [2.05, 4.69) is 27.0 Å². The van der Waals surface area contributed by atoms with Gasteiger partial charge in [0.2, 0.25) is 5.91 Å². The predicted octanol–water partition coefficient (Wildman–Crippen LogP) is 4.42. The van der Waals surface area contributed by atoms with Crippen LogP contribution in [0.4, 0.5) is 5.69 Å². The minimum atomic E-state index is 0.112. The van der Waals surface area contributed by atoms with E-state index in [1.807, 2.05) is 36.4 Å². The maximum atomic E-state index is 12.7. The molecule has 2 aliphatic rings. The number of thioether (sulfide) groups is 1. The fourth-order valence-corrected chi connectivity index (χ4v) is 5.05. The molecule has 2 aromatic rings. The van der Waals surface area contributed by atoms with Crippen LogP contribution in [0.1, 0.15) is 25.7 Å². The molecular weight excluding hydrogens is 370 g/mol. The summed E-state index contributed by atoms with van der Waals surface area (Å²) in [6.45, 7) is 2.09. The van der Waals surface area contributed by atoms with E-state index in [0.717, 1.165) is 43.4 Å². The Balaban J connectivity index is 1.26. The third-order valence-electron chi connectivity index (χ3n) is 5.60. The number of likely N-dealkylation sites (tertiary alicyclic amines) is 1. The number of pyridine rings is 1. The van der Waals surface area contributed by atoms with Gasteiger partial charge in [0, 0.05) is 23.8 Å². The van der Waals surface area contributed by atoms with Gasteiger partial charge in [-0.3, -0.25) is 9.78 Å². The molecule has 1 aromatic carbocycles. The van der Waals surface area contributed by atoms with Crippen LogP contribution in [0.25, 0.3) is 0 Å². The fraction of sp³-hybridized carbons (Fsp3) is 0.455. The Hall–Kier alpha value is -2.05. The van der Waals surface area contributed by atoms with Crippen molar-refractivity contribution >= 4 is 23.4 Å². The lowest BCUT2D eigenvalue weighted by Gasteiger charge is -2.38. The van der Waals surface area contributed by atoms with E-state index in [1.165, 1.54) is 24.3 Å². The van der Waals surface area contributed by atoms with Crippen LogP contribution in [0.3, 0.4) is 0 Å². The van der Waals surface area contributed by atoms with Gasteiger partial charge in [-0.05, 0) is 86.7 Å². The Kier molecular flexibility index (Phi) is 6.49. The second-order valence-electron chi connectivity index (χ2n) is 7.46. The van der Waals surface area contributed by atoms with E-state index >= 15 is 0 Å². The molecule has 0 atom stereocenters. The van der Waals surface area contributed by atoms with Crippen molar-refractivity contribution in [2.45, 2.75) is 31.7 Å². The largest absolute Gasteiger partial charge is 0.456 e. The molecule has 148 valence electrons. The first-order chi connectivity index (χ1) is 13.8. The number of carbonyl (C=O) groups excluding carboxylic acids is 1. The number of ether oxygens (including phenoxy) is 1. The summed E-state index contributed by atoms with van der Waals surface area (Å²) in [6, 6.07) is 11.9. The smallest absolute Gasteiger partial charge is 0.227 e. The molecule has 2 saturated heterocycles. The molecule has 1 amide bonds. The summed E-state index contributed by atoms with van der Waals surface area (Å²) < 4.78 is 5.74. The van der Waals surface area contributed by atoms with E-state index in [-0.39, 0.29) is 11.8 Å². The molecule has 3 heterocycles. The highest BCUT2D eigenvalue weighted by molar-refractivity contribution is 7.99. The lowest BCUT2D eigenvalue weighted by atomic mass is 9.94. The number of nitrogens with zero attached hydrogens (tertiary/aromatic N) is 2. The van der Waals surface area contributed by atoms with Crippen LogP contribution in [0, 0.1) is 5.92 Å². The van der Waals surface area contributed by atoms with E-state index in [0.29, 0.717) is 5.75 Å². The highest BCUT2D eigenvalue weighted by Crippen LogP contribution is 2.27. The molecule has 28 heavy (non-hydrogen) atoms. The van der Waals surface area contributed by atoms with Crippen LogP contribution < -0.4 is 10.1 Å². The van der Waals surface area contributed by atoms with Crippen LogP contribution in [0.5, 0.6) is 11.5 Å². The Morgan fingerprint density at radius 2 is 1.79 bits per heavy atom. The molecule has 0 saturated carbocycles. The Morgan fingerprint density at radius 1 is 1.04 bits per heavy atom. The second kappa shape index (κ2) is 9.43. The molecule has 4 rings (SSSR count). The zero-order valence-corrected chi connectivity index (χ0v) is 16.9. The number of hydrogen-bond donors (Lipinski definition) is 1. The number of carbonyl (C=O) groups is 1. The number of amides is 1. The summed E-state index contributed by atoms with van der Waals surface area (Å²) in [5, 5.41) is 3.07. The maximum Gasteiger partial charge on any atom is 0.227 e. The number of nitrogens with one attached hydrogen (secondary N) is 1. The highest BCUT2D eigenvalue weighted by Gasteiger charge is 2.29. The highest BCUT2D eigenvalue weighted by atomic mass is 32.2. The minimum Gasteiger partial charge on any atom is -0.456 e. The second-order valence-corrected chi connectivity index (χ2v) is 8.68. The summed E-state index contributed by atoms with van der Waals surface area (Å²) in [6.07, 6.45) is 7.90. The molecule has 0 unspecified atom stereocenters. The molecule has 1 N–H and O–H groups in total. The summed E-state index contributed by atoms with van der Waals surface area (Å²) in [5.41, 5.74) is 0.815. The van der Waals surface area contributed by atoms with Crippen molar-refractivity contribution in [2.24, 2.45) is 5.92 Å². The molecule has 2 aliphatic heterocycles. The van der Waals surface area contributed by atoms with Crippen LogP contribution in [0.2, 0.25) is 0 Å². The Bertz CT molecular complexity index is 755. The number of anilines is 1. The number of rotatable bonds is 5. The molecule has 2 fully saturated rings. The molecule has 0 bridgehead atoms. The Labute approximate surface area is 170 Å². The van der Waals surface area contributed by atoms with Gasteiger partial charge >= 0.3 is 0 Å². The normalized spacial score (nSPS) is 19.3. The maximum absolute atomic E-state index is 12.7. The zero-order valence-electron chi connectivity index (χ0n) is 16.0. The number of piperidine rings is 1. The zero-order chi connectivity index (χ0) is 19.2. The quantitative estimate of drug-likeness (QED) is 0.809. The molecule has 0 aliphatic carbocycles. The molecule has 6 heteroatoms. The predicted molar refractivity (Wildman–Crippen MR) is 114 cm³/mol. The number of benzene rings is 1. The van der Waals surface area contributed by atoms with Crippen molar-refractivity contribution < 1.29 is 9.53 Å². The third kappa shape index (κ3) is 5.06. The van der Waals surface area contributed by atoms with Crippen LogP contribution in [0.15, 0.2) is 48.8 Å². The van der Waals surface area contributed by atoms with Gasteiger partial charge in [0.05, 0.1) is 6.20 Å². The van der Waals surface area contributed by atoms with Crippen LogP contribution in [-0.2, 0) is 4.79 Å². The summed E-state index contributed by atoms with van der Waals surface area (Å²) in [5.74, 6) is 4.24. The van der Waals surface area contributed by atoms with Crippen LogP contribution >= 0.6 is 11.8 Å². The summed E-state index contributed by atoms with van der Waals surface area (Å²) in [7, 11) is 0. The standard InChI is InChI=1S/C22H27N3O2S/c26-22(17-7-12-25(13-8-17)19-9-14-28-15-10-19)24-18-3-5-20(6-4-18)27-21-2-1-11-23-16-21/h1-6,11,16-17,19H,7-10,12-15H2,(H,24,26). The lowest BCUT2D eigenvalue weighted by molar-refractivity contribution is -0.121. The van der Waals surface area contributed by atoms with Gasteiger partial charge < -0.3 is 15.0 Å². The number of aromatic nitrogens is 1. The molecule has 5 nitrogen and oxygen atoms in total. The lowest BCUT2D eigenvalue weighted by Crippen LogP contribution is -2.45.